The molecule has 0 radical (unpaired) electrons. The minimum absolute atomic E-state index is 0.0167. The van der Waals surface area contributed by atoms with Gasteiger partial charge in [0, 0.05) is 43.5 Å². The fourth-order valence-electron chi connectivity index (χ4n) is 6.10. The van der Waals surface area contributed by atoms with Crippen LogP contribution in [0.25, 0.3) is 0 Å². The zero-order chi connectivity index (χ0) is 23.5. The lowest BCUT2D eigenvalue weighted by molar-refractivity contribution is -0.135. The molecule has 6 nitrogen and oxygen atoms in total. The quantitative estimate of drug-likeness (QED) is 0.685. The summed E-state index contributed by atoms with van der Waals surface area (Å²) in [5, 5.41) is 0. The predicted octanol–water partition coefficient (Wildman–Crippen LogP) is 4.21. The van der Waals surface area contributed by atoms with Crippen molar-refractivity contribution >= 4 is 17.5 Å². The molecule has 0 spiro atoms. The van der Waals surface area contributed by atoms with Crippen LogP contribution in [0.1, 0.15) is 48.9 Å². The molecule has 2 saturated heterocycles. The van der Waals surface area contributed by atoms with Crippen LogP contribution in [0, 0.1) is 5.92 Å². The van der Waals surface area contributed by atoms with E-state index in [0.717, 1.165) is 63.2 Å². The molecule has 34 heavy (non-hydrogen) atoms. The summed E-state index contributed by atoms with van der Waals surface area (Å²) >= 11 is 0. The summed E-state index contributed by atoms with van der Waals surface area (Å²) in [6.45, 7) is 3.14. The average molecular weight is 462 g/mol. The van der Waals surface area contributed by atoms with E-state index in [2.05, 4.69) is 17.0 Å². The number of nitrogens with zero attached hydrogens (tertiary/aromatic N) is 3. The number of rotatable bonds is 4. The number of likely N-dealkylation sites (tertiary alicyclic amines) is 1. The maximum absolute atomic E-state index is 13.9. The molecule has 0 bridgehead atoms. The summed E-state index contributed by atoms with van der Waals surface area (Å²) in [6, 6.07) is 17.5. The normalized spacial score (nSPS) is 25.0. The van der Waals surface area contributed by atoms with Crippen LogP contribution >= 0.6 is 0 Å². The van der Waals surface area contributed by atoms with Gasteiger partial charge < -0.3 is 19.4 Å². The van der Waals surface area contributed by atoms with Gasteiger partial charge in [0.15, 0.2) is 0 Å². The van der Waals surface area contributed by atoms with E-state index in [1.165, 1.54) is 6.42 Å². The number of amides is 2. The van der Waals surface area contributed by atoms with E-state index in [-0.39, 0.29) is 23.9 Å². The number of ether oxygens (including phenoxy) is 1. The molecule has 1 aliphatic carbocycles. The molecule has 180 valence electrons. The molecule has 2 heterocycles. The van der Waals surface area contributed by atoms with E-state index < -0.39 is 0 Å². The minimum atomic E-state index is -0.339. The Morgan fingerprint density at radius 2 is 1.62 bits per heavy atom. The van der Waals surface area contributed by atoms with Crippen LogP contribution in [0.3, 0.4) is 0 Å². The molecule has 1 saturated carbocycles. The standard InChI is InChI=1S/C28H35N3O3/c1-34-24-14-12-23(13-15-24)29-16-7-17-30(19-18-29)28(33)26-20-22-10-5-6-11-25(22)31(26)27(32)21-8-3-2-4-9-21/h2-4,8-9,12-15,22,25-26H,5-7,10-11,16-20H2,1H3. The molecule has 3 aliphatic rings. The van der Waals surface area contributed by atoms with Gasteiger partial charge in [0.05, 0.1) is 7.11 Å². The van der Waals surface area contributed by atoms with Crippen LogP contribution < -0.4 is 9.64 Å². The van der Waals surface area contributed by atoms with Gasteiger partial charge in [-0.25, -0.2) is 0 Å². The van der Waals surface area contributed by atoms with Crippen molar-refractivity contribution in [2.45, 2.75) is 50.6 Å². The molecule has 2 aromatic rings. The second-order valence-corrected chi connectivity index (χ2v) is 9.81. The van der Waals surface area contributed by atoms with Gasteiger partial charge in [-0.3, -0.25) is 9.59 Å². The van der Waals surface area contributed by atoms with Gasteiger partial charge in [-0.1, -0.05) is 31.0 Å². The van der Waals surface area contributed by atoms with Crippen molar-refractivity contribution in [3.8, 4) is 5.75 Å². The first kappa shape index (κ1) is 22.8. The smallest absolute Gasteiger partial charge is 0.254 e. The fourth-order valence-corrected chi connectivity index (χ4v) is 6.10. The maximum Gasteiger partial charge on any atom is 0.254 e. The largest absolute Gasteiger partial charge is 0.497 e. The number of hydrogen-bond donors (Lipinski definition) is 0. The van der Waals surface area contributed by atoms with E-state index in [0.29, 0.717) is 18.0 Å². The molecule has 5 rings (SSSR count). The number of anilines is 1. The molecule has 0 aromatic heterocycles. The van der Waals surface area contributed by atoms with Crippen LogP contribution in [0.4, 0.5) is 5.69 Å². The van der Waals surface area contributed by atoms with Crippen molar-refractivity contribution in [3.63, 3.8) is 0 Å². The zero-order valence-electron chi connectivity index (χ0n) is 20.1. The second kappa shape index (κ2) is 10.1. The maximum atomic E-state index is 13.9. The Morgan fingerprint density at radius 1 is 0.853 bits per heavy atom. The van der Waals surface area contributed by atoms with E-state index in [1.807, 2.05) is 52.3 Å². The summed E-state index contributed by atoms with van der Waals surface area (Å²) in [7, 11) is 1.68. The monoisotopic (exact) mass is 461 g/mol. The molecular formula is C28H35N3O3. The average Bonchev–Trinajstić information content (AvgIpc) is 3.10. The molecule has 2 aromatic carbocycles. The summed E-state index contributed by atoms with van der Waals surface area (Å²) in [4.78, 5) is 33.8. The first-order chi connectivity index (χ1) is 16.7. The molecule has 2 amide bonds. The minimum Gasteiger partial charge on any atom is -0.497 e. The highest BCUT2D eigenvalue weighted by atomic mass is 16.5. The number of fused-ring (bicyclic) bond motifs is 1. The summed E-state index contributed by atoms with van der Waals surface area (Å²) < 4.78 is 5.28. The number of methoxy groups -OCH3 is 1. The summed E-state index contributed by atoms with van der Waals surface area (Å²) in [5.74, 6) is 1.44. The number of hydrogen-bond acceptors (Lipinski definition) is 4. The van der Waals surface area contributed by atoms with Gasteiger partial charge >= 0.3 is 0 Å². The highest BCUT2D eigenvalue weighted by Gasteiger charge is 2.48. The molecule has 3 atom stereocenters. The number of carbonyl (C=O) groups is 2. The van der Waals surface area contributed by atoms with Crippen LogP contribution in [0.15, 0.2) is 54.6 Å². The Kier molecular flexibility index (Phi) is 6.75. The van der Waals surface area contributed by atoms with E-state index >= 15 is 0 Å². The lowest BCUT2D eigenvalue weighted by Crippen LogP contribution is -2.51. The molecule has 3 fully saturated rings. The Morgan fingerprint density at radius 3 is 2.38 bits per heavy atom. The van der Waals surface area contributed by atoms with Crippen molar-refractivity contribution in [1.82, 2.24) is 9.80 Å². The van der Waals surface area contributed by atoms with Crippen molar-refractivity contribution in [2.75, 3.05) is 38.2 Å². The topological polar surface area (TPSA) is 53.1 Å². The summed E-state index contributed by atoms with van der Waals surface area (Å²) in [6.07, 6.45) is 6.21. The highest BCUT2D eigenvalue weighted by molar-refractivity contribution is 5.98. The SMILES string of the molecule is COc1ccc(N2CCCN(C(=O)C3CC4CCCCC4N3C(=O)c3ccccc3)CC2)cc1. The number of benzene rings is 2. The predicted molar refractivity (Wildman–Crippen MR) is 133 cm³/mol. The lowest BCUT2D eigenvalue weighted by atomic mass is 9.84. The Hall–Kier alpha value is -3.02. The number of carbonyl (C=O) groups excluding carboxylic acids is 2. The molecular weight excluding hydrogens is 426 g/mol. The Bertz CT molecular complexity index is 994. The first-order valence-corrected chi connectivity index (χ1v) is 12.7. The van der Waals surface area contributed by atoms with Gasteiger partial charge in [-0.05, 0) is 68.0 Å². The molecule has 3 unspecified atom stereocenters. The molecule has 6 heteroatoms. The second-order valence-electron chi connectivity index (χ2n) is 9.81. The van der Waals surface area contributed by atoms with E-state index in [1.54, 1.807) is 7.11 Å². The third-order valence-electron chi connectivity index (χ3n) is 7.87. The zero-order valence-corrected chi connectivity index (χ0v) is 20.1. The fraction of sp³-hybridized carbons (Fsp3) is 0.500. The van der Waals surface area contributed by atoms with E-state index in [4.69, 9.17) is 4.74 Å². The van der Waals surface area contributed by atoms with Gasteiger partial charge in [0.2, 0.25) is 5.91 Å². The van der Waals surface area contributed by atoms with Crippen molar-refractivity contribution in [3.05, 3.63) is 60.2 Å². The Balaban J connectivity index is 1.32. The lowest BCUT2D eigenvalue weighted by Gasteiger charge is -2.35. The van der Waals surface area contributed by atoms with Crippen molar-refractivity contribution < 1.29 is 14.3 Å². The van der Waals surface area contributed by atoms with Crippen molar-refractivity contribution in [2.24, 2.45) is 5.92 Å². The van der Waals surface area contributed by atoms with Gasteiger partial charge in [0.1, 0.15) is 11.8 Å². The summed E-state index contributed by atoms with van der Waals surface area (Å²) in [5.41, 5.74) is 1.84. The van der Waals surface area contributed by atoms with Crippen LogP contribution in [-0.2, 0) is 4.79 Å². The van der Waals surface area contributed by atoms with Crippen LogP contribution in [0.5, 0.6) is 5.75 Å². The van der Waals surface area contributed by atoms with Crippen LogP contribution in [-0.4, -0.2) is 67.0 Å². The van der Waals surface area contributed by atoms with Crippen LogP contribution in [0.2, 0.25) is 0 Å². The van der Waals surface area contributed by atoms with Gasteiger partial charge in [0.25, 0.3) is 5.91 Å². The molecule has 2 aliphatic heterocycles. The van der Waals surface area contributed by atoms with Gasteiger partial charge in [-0.15, -0.1) is 0 Å². The third-order valence-corrected chi connectivity index (χ3v) is 7.87. The van der Waals surface area contributed by atoms with Crippen molar-refractivity contribution in [1.29, 1.82) is 0 Å². The van der Waals surface area contributed by atoms with E-state index in [9.17, 15) is 9.59 Å². The first-order valence-electron chi connectivity index (χ1n) is 12.7. The third kappa shape index (κ3) is 4.50. The Labute approximate surface area is 202 Å². The van der Waals surface area contributed by atoms with Gasteiger partial charge in [-0.2, -0.15) is 0 Å². The molecule has 0 N–H and O–H groups in total. The highest BCUT2D eigenvalue weighted by Crippen LogP contribution is 2.41.